The standard InChI is InChI=1S/C29H38N2.2C14H20O4.Pd/c1-3-5-7-8-9-10-11-12-19-25-29(31-27-22-17-14-18-23-27)28(24-6-4-2)30-26-20-15-13-16-21-26;2*1-3-5-6-7-10-9(4-2)8-11(15)13(16)12(10)14(17)18;/h13-18,20-23H,3-12,24H2,1-2H3;2*8,15-16H,3-7H2,1-2H3,(H,17,18);/q;;;+2/p-2. The Balaban J connectivity index is 0.000000539. The van der Waals surface area contributed by atoms with Crippen LogP contribution in [0.25, 0.3) is 0 Å². The van der Waals surface area contributed by atoms with Crippen molar-refractivity contribution < 1.29 is 60.7 Å². The summed E-state index contributed by atoms with van der Waals surface area (Å²) in [5.74, 6) is 1.92. The Morgan fingerprint density at radius 2 is 0.926 bits per heavy atom. The summed E-state index contributed by atoms with van der Waals surface area (Å²) < 4.78 is 0. The Labute approximate surface area is 420 Å². The third-order valence-electron chi connectivity index (χ3n) is 11.4. The summed E-state index contributed by atoms with van der Waals surface area (Å²) in [5.41, 5.74) is 5.84. The average molecular weight is 1020 g/mol. The van der Waals surface area contributed by atoms with Crippen LogP contribution in [0, 0.1) is 11.8 Å². The van der Waals surface area contributed by atoms with Gasteiger partial charge in [0.1, 0.15) is 5.71 Å². The number of hydrogen-bond donors (Lipinski definition) is 4. The molecule has 0 spiro atoms. The number of aromatic carboxylic acids is 2. The topological polar surface area (TPSA) is 186 Å². The molecule has 0 saturated heterocycles. The molecule has 0 bridgehead atoms. The van der Waals surface area contributed by atoms with Crippen LogP contribution in [0.3, 0.4) is 0 Å². The number of carbonyl (C=O) groups is 2. The van der Waals surface area contributed by atoms with Gasteiger partial charge in [0.2, 0.25) is 0 Å². The second-order valence-corrected chi connectivity index (χ2v) is 16.7. The molecular formula is C57H76N2O8Pd. The fraction of sp³-hybridized carbons (Fsp3) is 0.474. The van der Waals surface area contributed by atoms with Crippen molar-refractivity contribution in [2.75, 3.05) is 0 Å². The predicted octanol–water partition coefficient (Wildman–Crippen LogP) is 12.4. The van der Waals surface area contributed by atoms with Crippen molar-refractivity contribution >= 4 is 34.7 Å². The Hall–Kier alpha value is -5.42. The molecular weight excluding hydrogens is 947 g/mol. The van der Waals surface area contributed by atoms with E-state index in [1.807, 2.05) is 74.5 Å². The van der Waals surface area contributed by atoms with Gasteiger partial charge >= 0.3 is 20.4 Å². The first-order chi connectivity index (χ1) is 32.4. The van der Waals surface area contributed by atoms with E-state index in [0.29, 0.717) is 36.8 Å². The van der Waals surface area contributed by atoms with E-state index < -0.39 is 34.9 Å². The molecule has 0 atom stereocenters. The quantitative estimate of drug-likeness (QED) is 0.0166. The number of aromatic hydroxyl groups is 4. The number of carbonyl (C=O) groups excluding carboxylic acids is 2. The number of hydrogen-bond acceptors (Lipinski definition) is 10. The SMILES string of the molecule is CCCCCCCCCC#CC(=Nc1ccccc1)C(CCCC)=Nc1ccccc1.CCCCCc1c(CC)cc(O)c(O)c1C(=O)[O-].CCCCCc1c(CC)cc(O)c(O)c1C(=O)[O-].[Pd+2]. The summed E-state index contributed by atoms with van der Waals surface area (Å²) >= 11 is 0. The van der Waals surface area contributed by atoms with E-state index in [2.05, 4.69) is 39.5 Å². The van der Waals surface area contributed by atoms with Crippen molar-refractivity contribution in [2.45, 2.75) is 176 Å². The number of benzene rings is 4. The monoisotopic (exact) mass is 1020 g/mol. The summed E-state index contributed by atoms with van der Waals surface area (Å²) in [6, 6.07) is 23.1. The maximum atomic E-state index is 11.1. The van der Waals surface area contributed by atoms with Crippen LogP contribution in [0.4, 0.5) is 11.4 Å². The minimum atomic E-state index is -1.44. The Kier molecular flexibility index (Phi) is 31.8. The Bertz CT molecular complexity index is 2130. The van der Waals surface area contributed by atoms with Crippen LogP contribution in [0.5, 0.6) is 23.0 Å². The van der Waals surface area contributed by atoms with Gasteiger partial charge in [0.05, 0.1) is 29.0 Å². The maximum Gasteiger partial charge on any atom is 2.00 e. The number of unbranched alkanes of at least 4 members (excludes halogenated alkanes) is 12. The fourth-order valence-electron chi connectivity index (χ4n) is 7.59. The van der Waals surface area contributed by atoms with Crippen molar-refractivity contribution in [1.82, 2.24) is 0 Å². The first-order valence-corrected chi connectivity index (χ1v) is 24.7. The fourth-order valence-corrected chi connectivity index (χ4v) is 7.59. The van der Waals surface area contributed by atoms with Crippen molar-refractivity contribution in [1.29, 1.82) is 0 Å². The van der Waals surface area contributed by atoms with Crippen molar-refractivity contribution in [3.63, 3.8) is 0 Å². The molecule has 68 heavy (non-hydrogen) atoms. The predicted molar refractivity (Wildman–Crippen MR) is 270 cm³/mol. The molecule has 0 aliphatic heterocycles. The number of nitrogens with zero attached hydrogens (tertiary/aromatic N) is 2. The number of phenols is 4. The maximum absolute atomic E-state index is 11.1. The van der Waals surface area contributed by atoms with Crippen LogP contribution in [0.2, 0.25) is 0 Å². The molecule has 0 radical (unpaired) electrons. The molecule has 11 heteroatoms. The summed E-state index contributed by atoms with van der Waals surface area (Å²) in [4.78, 5) is 32.0. The first kappa shape index (κ1) is 60.6. The molecule has 4 aromatic rings. The second-order valence-electron chi connectivity index (χ2n) is 16.7. The van der Waals surface area contributed by atoms with Crippen molar-refractivity contribution in [2.24, 2.45) is 9.98 Å². The van der Waals surface area contributed by atoms with Gasteiger partial charge in [-0.05, 0) is 122 Å². The second kappa shape index (κ2) is 35.7. The first-order valence-electron chi connectivity index (χ1n) is 24.7. The van der Waals surface area contributed by atoms with E-state index in [4.69, 9.17) is 9.98 Å². The van der Waals surface area contributed by atoms with Gasteiger partial charge in [-0.25, -0.2) is 4.99 Å². The number of aryl methyl sites for hydroxylation is 2. The van der Waals surface area contributed by atoms with E-state index in [9.17, 15) is 40.2 Å². The van der Waals surface area contributed by atoms with Gasteiger partial charge in [-0.3, -0.25) is 4.99 Å². The minimum absolute atomic E-state index is 0. The van der Waals surface area contributed by atoms with Crippen LogP contribution >= 0.6 is 0 Å². The zero-order valence-electron chi connectivity index (χ0n) is 41.4. The zero-order valence-corrected chi connectivity index (χ0v) is 43.0. The summed E-state index contributed by atoms with van der Waals surface area (Å²) in [6.07, 6.45) is 21.3. The summed E-state index contributed by atoms with van der Waals surface area (Å²) in [7, 11) is 0. The molecule has 0 aliphatic carbocycles. The minimum Gasteiger partial charge on any atom is -0.545 e. The third kappa shape index (κ3) is 21.7. The van der Waals surface area contributed by atoms with E-state index in [1.54, 1.807) is 0 Å². The van der Waals surface area contributed by atoms with Gasteiger partial charge < -0.3 is 40.2 Å². The summed E-state index contributed by atoms with van der Waals surface area (Å²) in [6.45, 7) is 12.4. The van der Waals surface area contributed by atoms with Gasteiger partial charge in [0, 0.05) is 17.5 Å². The van der Waals surface area contributed by atoms with Gasteiger partial charge in [-0.15, -0.1) is 0 Å². The van der Waals surface area contributed by atoms with E-state index in [0.717, 1.165) is 105 Å². The summed E-state index contributed by atoms with van der Waals surface area (Å²) in [5, 5.41) is 60.6. The number of carboxylic acid groups (broad SMARTS) is 2. The number of phenolic OH excluding ortho intramolecular Hbond substituents is 2. The smallest absolute Gasteiger partial charge is 0.545 e. The van der Waals surface area contributed by atoms with E-state index in [1.165, 1.54) is 50.7 Å². The van der Waals surface area contributed by atoms with Gasteiger partial charge in [0.25, 0.3) is 0 Å². The number of para-hydroxylation sites is 2. The number of rotatable bonds is 25. The van der Waals surface area contributed by atoms with Gasteiger partial charge in [-0.2, -0.15) is 0 Å². The van der Waals surface area contributed by atoms with Crippen LogP contribution in [0.1, 0.15) is 194 Å². The largest absolute Gasteiger partial charge is 2.00 e. The zero-order chi connectivity index (χ0) is 49.4. The van der Waals surface area contributed by atoms with Crippen LogP contribution in [-0.2, 0) is 46.1 Å². The van der Waals surface area contributed by atoms with Crippen molar-refractivity contribution in [3.8, 4) is 34.8 Å². The average Bonchev–Trinajstić information content (AvgIpc) is 3.32. The normalized spacial score (nSPS) is 11.0. The molecule has 0 amide bonds. The molecule has 4 aromatic carbocycles. The van der Waals surface area contributed by atoms with Crippen LogP contribution in [0.15, 0.2) is 82.8 Å². The Morgan fingerprint density at radius 1 is 0.529 bits per heavy atom. The molecule has 0 unspecified atom stereocenters. The molecule has 0 fully saturated rings. The molecule has 10 nitrogen and oxygen atoms in total. The third-order valence-corrected chi connectivity index (χ3v) is 11.4. The Morgan fingerprint density at radius 3 is 1.34 bits per heavy atom. The van der Waals surface area contributed by atoms with Gasteiger partial charge in [0.15, 0.2) is 23.0 Å². The van der Waals surface area contributed by atoms with Gasteiger partial charge in [-0.1, -0.05) is 154 Å². The molecule has 4 rings (SSSR count). The molecule has 0 aliphatic rings. The number of carboxylic acids is 2. The number of aliphatic imine (C=N–C) groups is 2. The van der Waals surface area contributed by atoms with E-state index >= 15 is 0 Å². The molecule has 4 N–H and O–H groups in total. The molecule has 372 valence electrons. The molecule has 0 aromatic heterocycles. The van der Waals surface area contributed by atoms with Crippen molar-refractivity contribution in [3.05, 3.63) is 106 Å². The van der Waals surface area contributed by atoms with Crippen LogP contribution in [-0.4, -0.2) is 43.8 Å². The van der Waals surface area contributed by atoms with Crippen LogP contribution < -0.4 is 10.2 Å². The molecule has 0 heterocycles. The van der Waals surface area contributed by atoms with E-state index in [-0.39, 0.29) is 31.5 Å². The molecule has 0 saturated carbocycles.